The summed E-state index contributed by atoms with van der Waals surface area (Å²) in [6, 6.07) is 18.4. The van der Waals surface area contributed by atoms with Crippen molar-refractivity contribution in [1.29, 1.82) is 0 Å². The number of amides is 2. The molecular weight excluding hydrogens is 568 g/mol. The first-order chi connectivity index (χ1) is 20.2. The van der Waals surface area contributed by atoms with E-state index in [4.69, 9.17) is 4.74 Å². The summed E-state index contributed by atoms with van der Waals surface area (Å²) in [5.41, 5.74) is 10.1. The summed E-state index contributed by atoms with van der Waals surface area (Å²) in [7, 11) is -0.472. The monoisotopic (exact) mass is 606 g/mol. The molecule has 0 fully saturated rings. The molecule has 1 heterocycles. The van der Waals surface area contributed by atoms with Crippen LogP contribution in [0.2, 0.25) is 0 Å². The highest BCUT2D eigenvalue weighted by Crippen LogP contribution is 2.39. The molecule has 0 aromatic heterocycles. The predicted molar refractivity (Wildman–Crippen MR) is 169 cm³/mol. The van der Waals surface area contributed by atoms with E-state index in [2.05, 4.69) is 21.0 Å². The Morgan fingerprint density at radius 2 is 1.70 bits per heavy atom. The zero-order valence-electron chi connectivity index (χ0n) is 25.4. The number of carbonyl (C=O) groups excluding carboxylic acids is 2. The summed E-state index contributed by atoms with van der Waals surface area (Å²) >= 11 is 0. The summed E-state index contributed by atoms with van der Waals surface area (Å²) in [5, 5.41) is 4.53. The Labute approximate surface area is 252 Å². The van der Waals surface area contributed by atoms with E-state index >= 15 is 0 Å². The number of nitrogens with zero attached hydrogens (tertiary/aromatic N) is 2. The van der Waals surface area contributed by atoms with Crippen LogP contribution in [0.1, 0.15) is 47.8 Å². The molecule has 4 N–H and O–H groups in total. The van der Waals surface area contributed by atoms with Gasteiger partial charge >= 0.3 is 0 Å². The fourth-order valence-corrected chi connectivity index (χ4v) is 5.09. The van der Waals surface area contributed by atoms with Gasteiger partial charge in [-0.2, -0.15) is 0 Å². The van der Waals surface area contributed by atoms with Gasteiger partial charge in [-0.3, -0.25) is 24.7 Å². The van der Waals surface area contributed by atoms with E-state index in [9.17, 15) is 18.0 Å². The van der Waals surface area contributed by atoms with E-state index in [1.54, 1.807) is 53.5 Å². The van der Waals surface area contributed by atoms with Crippen molar-refractivity contribution < 1.29 is 22.7 Å². The second kappa shape index (κ2) is 12.4. The van der Waals surface area contributed by atoms with Crippen LogP contribution in [-0.4, -0.2) is 45.5 Å². The molecule has 0 spiro atoms. The molecule has 0 atom stereocenters. The van der Waals surface area contributed by atoms with Crippen LogP contribution >= 0.6 is 0 Å². The van der Waals surface area contributed by atoms with Gasteiger partial charge in [0.05, 0.1) is 36.6 Å². The Bertz CT molecular complexity index is 1670. The van der Waals surface area contributed by atoms with Crippen LogP contribution in [0, 0.1) is 6.92 Å². The van der Waals surface area contributed by atoms with Gasteiger partial charge in [-0.05, 0) is 53.3 Å². The molecule has 0 saturated carbocycles. The van der Waals surface area contributed by atoms with Crippen molar-refractivity contribution in [2.24, 2.45) is 0 Å². The lowest BCUT2D eigenvalue weighted by atomic mass is 9.86. The smallest absolute Gasteiger partial charge is 0.272 e. The first-order valence-electron chi connectivity index (χ1n) is 13.6. The Morgan fingerprint density at radius 3 is 2.33 bits per heavy atom. The number of nitrogens with one attached hydrogen (secondary N) is 4. The molecule has 3 aromatic carbocycles. The van der Waals surface area contributed by atoms with Crippen molar-refractivity contribution in [1.82, 2.24) is 15.9 Å². The highest BCUT2D eigenvalue weighted by molar-refractivity contribution is 7.92. The summed E-state index contributed by atoms with van der Waals surface area (Å²) in [6.07, 6.45) is 2.70. The maximum Gasteiger partial charge on any atom is 0.272 e. The number of benzene rings is 3. The fourth-order valence-electron chi connectivity index (χ4n) is 4.54. The Morgan fingerprint density at radius 1 is 1.02 bits per heavy atom. The average molecular weight is 607 g/mol. The van der Waals surface area contributed by atoms with Gasteiger partial charge in [0.15, 0.2) is 5.75 Å². The minimum absolute atomic E-state index is 0.190. The third-order valence-corrected chi connectivity index (χ3v) is 7.43. The number of sulfonamides is 1. The van der Waals surface area contributed by atoms with Crippen LogP contribution in [0.15, 0.2) is 72.6 Å². The second-order valence-corrected chi connectivity index (χ2v) is 13.2. The molecule has 12 heteroatoms. The molecule has 43 heavy (non-hydrogen) atoms. The number of aryl methyl sites for hydroxylation is 1. The number of methoxy groups -OCH3 is 1. The van der Waals surface area contributed by atoms with Gasteiger partial charge in [0.1, 0.15) is 5.70 Å². The van der Waals surface area contributed by atoms with Crippen molar-refractivity contribution >= 4 is 38.9 Å². The molecular formula is C31H38N6O5S. The zero-order valence-corrected chi connectivity index (χ0v) is 26.2. The quantitative estimate of drug-likeness (QED) is 0.284. The Hall–Kier alpha value is -4.55. The van der Waals surface area contributed by atoms with Crippen molar-refractivity contribution in [3.05, 3.63) is 94.8 Å². The van der Waals surface area contributed by atoms with Crippen LogP contribution in [0.4, 0.5) is 17.1 Å². The second-order valence-electron chi connectivity index (χ2n) is 11.5. The van der Waals surface area contributed by atoms with Crippen molar-refractivity contribution in [2.75, 3.05) is 35.5 Å². The third kappa shape index (κ3) is 7.65. The first-order valence-corrected chi connectivity index (χ1v) is 15.5. The van der Waals surface area contributed by atoms with Crippen LogP contribution in [0.5, 0.6) is 5.75 Å². The minimum atomic E-state index is -3.62. The lowest BCUT2D eigenvalue weighted by Crippen LogP contribution is -2.39. The number of ether oxygens (including phenoxy) is 1. The fraction of sp³-hybridized carbons (Fsp3) is 0.290. The van der Waals surface area contributed by atoms with Crippen LogP contribution in [0.3, 0.4) is 0 Å². The largest absolute Gasteiger partial charge is 0.492 e. The van der Waals surface area contributed by atoms with Gasteiger partial charge in [-0.25, -0.2) is 8.42 Å². The molecule has 4 rings (SSSR count). The summed E-state index contributed by atoms with van der Waals surface area (Å²) in [4.78, 5) is 28.2. The van der Waals surface area contributed by atoms with Crippen LogP contribution in [0.25, 0.3) is 0 Å². The molecule has 1 aliphatic heterocycles. The number of hydrazine groups is 2. The Kier molecular flexibility index (Phi) is 9.02. The molecule has 0 aliphatic carbocycles. The minimum Gasteiger partial charge on any atom is -0.492 e. The summed E-state index contributed by atoms with van der Waals surface area (Å²) < 4.78 is 32.2. The van der Waals surface area contributed by atoms with E-state index in [-0.39, 0.29) is 22.8 Å². The maximum atomic E-state index is 13.5. The molecule has 228 valence electrons. The number of carbonyl (C=O) groups is 2. The molecule has 0 saturated heterocycles. The highest BCUT2D eigenvalue weighted by atomic mass is 32.2. The average Bonchev–Trinajstić information content (AvgIpc) is 3.42. The third-order valence-electron chi connectivity index (χ3n) is 6.84. The standard InChI is InChI=1S/C31H38N6O5S/c1-20-13-14-22(15-27(20)37-19-26(33-35-37)30(39)36(5)18-21-11-9-8-10-12-21)29(38)32-24-16-23(31(2,3)4)17-25(28(24)42-6)34-43(7,40)41/h8-17,19,33-35H,18H2,1-7H3,(H,32,38). The lowest BCUT2D eigenvalue weighted by molar-refractivity contribution is -0.126. The first kappa shape index (κ1) is 31.4. The lowest BCUT2D eigenvalue weighted by Gasteiger charge is -2.24. The molecule has 0 unspecified atom stereocenters. The zero-order chi connectivity index (χ0) is 31.5. The van der Waals surface area contributed by atoms with Gasteiger partial charge in [-0.1, -0.05) is 57.2 Å². The molecule has 11 nitrogen and oxygen atoms in total. The molecule has 1 aliphatic rings. The predicted octanol–water partition coefficient (Wildman–Crippen LogP) is 4.25. The van der Waals surface area contributed by atoms with Crippen molar-refractivity contribution in [3.63, 3.8) is 0 Å². The topological polar surface area (TPSA) is 132 Å². The number of anilines is 3. The van der Waals surface area contributed by atoms with E-state index < -0.39 is 15.9 Å². The van der Waals surface area contributed by atoms with E-state index in [1.807, 2.05) is 58.0 Å². The van der Waals surface area contributed by atoms with Crippen LogP contribution < -0.4 is 30.7 Å². The van der Waals surface area contributed by atoms with E-state index in [0.717, 1.165) is 22.9 Å². The van der Waals surface area contributed by atoms with Gasteiger partial charge < -0.3 is 15.0 Å². The normalized spacial score (nSPS) is 13.2. The number of likely N-dealkylation sites (N-methyl/N-ethyl adjacent to an activating group) is 1. The number of rotatable bonds is 9. The van der Waals surface area contributed by atoms with Crippen molar-refractivity contribution in [2.45, 2.75) is 39.7 Å². The SMILES string of the molecule is COc1c(NC(=O)c2ccc(C)c(N3C=C(C(=O)N(C)Cc4ccccc4)NN3)c2)cc(C(C)(C)C)cc1NS(C)(=O)=O. The summed E-state index contributed by atoms with van der Waals surface area (Å²) in [6.45, 7) is 8.31. The number of hydrogen-bond donors (Lipinski definition) is 4. The van der Waals surface area contributed by atoms with Crippen LogP contribution in [-0.2, 0) is 26.8 Å². The molecule has 3 aromatic rings. The molecule has 0 radical (unpaired) electrons. The van der Waals surface area contributed by atoms with Gasteiger partial charge in [0.25, 0.3) is 11.8 Å². The van der Waals surface area contributed by atoms with E-state index in [0.29, 0.717) is 29.2 Å². The molecule has 2 amide bonds. The van der Waals surface area contributed by atoms with Gasteiger partial charge in [0.2, 0.25) is 10.0 Å². The van der Waals surface area contributed by atoms with Gasteiger partial charge in [0, 0.05) is 19.2 Å². The van der Waals surface area contributed by atoms with Crippen molar-refractivity contribution in [3.8, 4) is 5.75 Å². The number of hydrogen-bond acceptors (Lipinski definition) is 8. The highest BCUT2D eigenvalue weighted by Gasteiger charge is 2.25. The summed E-state index contributed by atoms with van der Waals surface area (Å²) in [5.74, 6) is -0.434. The Balaban J connectivity index is 1.59. The molecule has 0 bridgehead atoms. The van der Waals surface area contributed by atoms with E-state index in [1.165, 1.54) is 7.11 Å². The van der Waals surface area contributed by atoms with Gasteiger partial charge in [-0.15, -0.1) is 5.53 Å². The maximum absolute atomic E-state index is 13.5.